The third-order valence-electron chi connectivity index (χ3n) is 6.15. The third kappa shape index (κ3) is 5.90. The fraction of sp³-hybridized carbons (Fsp3) is 0.250. The molecule has 8 heteroatoms. The number of carbonyl (C=O) groups is 1. The van der Waals surface area contributed by atoms with Gasteiger partial charge in [0.1, 0.15) is 17.2 Å². The molecule has 1 aromatic heterocycles. The molecule has 5 rings (SSSR count). The minimum atomic E-state index is -0.108. The van der Waals surface area contributed by atoms with Crippen molar-refractivity contribution in [2.24, 2.45) is 5.92 Å². The van der Waals surface area contributed by atoms with Crippen molar-refractivity contribution in [1.82, 2.24) is 15.0 Å². The summed E-state index contributed by atoms with van der Waals surface area (Å²) in [7, 11) is 1.63. The number of carbonyl (C=O) groups excluding carboxylic acids is 1. The largest absolute Gasteiger partial charge is 0.497 e. The lowest BCUT2D eigenvalue weighted by Gasteiger charge is -2.30. The molecule has 36 heavy (non-hydrogen) atoms. The topological polar surface area (TPSA) is 89.7 Å². The fourth-order valence-electron chi connectivity index (χ4n) is 4.26. The maximum Gasteiger partial charge on any atom is 0.241 e. The average molecular weight is 485 g/mol. The highest BCUT2D eigenvalue weighted by Crippen LogP contribution is 2.25. The van der Waals surface area contributed by atoms with Crippen molar-refractivity contribution in [2.45, 2.75) is 19.4 Å². The second kappa shape index (κ2) is 11.0. The molecule has 8 nitrogen and oxygen atoms in total. The van der Waals surface area contributed by atoms with Gasteiger partial charge in [0.25, 0.3) is 0 Å². The Balaban J connectivity index is 1.14. The van der Waals surface area contributed by atoms with Gasteiger partial charge >= 0.3 is 0 Å². The minimum absolute atomic E-state index is 0.0147. The van der Waals surface area contributed by atoms with Crippen LogP contribution in [0.15, 0.2) is 83.4 Å². The van der Waals surface area contributed by atoms with Crippen molar-refractivity contribution in [1.29, 1.82) is 0 Å². The Hall–Kier alpha value is -4.17. The van der Waals surface area contributed by atoms with Gasteiger partial charge in [0, 0.05) is 17.8 Å². The molecule has 0 radical (unpaired) electrons. The Bertz CT molecular complexity index is 1270. The van der Waals surface area contributed by atoms with E-state index in [-0.39, 0.29) is 11.8 Å². The number of piperidine rings is 1. The SMILES string of the molecule is COc1ccc(-c2noc(CN3CCCC(C(=O)Nc4ccc(Oc5ccccc5)cc4)C3)n2)cc1. The van der Waals surface area contributed by atoms with Crippen LogP contribution in [0, 0.1) is 5.92 Å². The van der Waals surface area contributed by atoms with Crippen LogP contribution in [0.3, 0.4) is 0 Å². The molecule has 1 atom stereocenters. The van der Waals surface area contributed by atoms with Crippen LogP contribution in [0.4, 0.5) is 5.69 Å². The predicted molar refractivity (Wildman–Crippen MR) is 136 cm³/mol. The summed E-state index contributed by atoms with van der Waals surface area (Å²) in [6.45, 7) is 2.04. The maximum absolute atomic E-state index is 13.0. The maximum atomic E-state index is 13.0. The molecule has 0 bridgehead atoms. The zero-order valence-electron chi connectivity index (χ0n) is 20.1. The Kier molecular flexibility index (Phi) is 7.23. The zero-order valence-corrected chi connectivity index (χ0v) is 20.1. The first-order valence-electron chi connectivity index (χ1n) is 12.0. The van der Waals surface area contributed by atoms with E-state index in [1.807, 2.05) is 78.9 Å². The van der Waals surface area contributed by atoms with Crippen LogP contribution in [0.2, 0.25) is 0 Å². The average Bonchev–Trinajstić information content (AvgIpc) is 3.39. The van der Waals surface area contributed by atoms with Crippen LogP contribution in [0.25, 0.3) is 11.4 Å². The summed E-state index contributed by atoms with van der Waals surface area (Å²) in [5.74, 6) is 3.25. The Morgan fingerprint density at radius 2 is 1.72 bits per heavy atom. The second-order valence-electron chi connectivity index (χ2n) is 8.74. The summed E-state index contributed by atoms with van der Waals surface area (Å²) >= 11 is 0. The lowest BCUT2D eigenvalue weighted by atomic mass is 9.97. The van der Waals surface area contributed by atoms with Gasteiger partial charge in [-0.15, -0.1) is 0 Å². The summed E-state index contributed by atoms with van der Waals surface area (Å²) in [5, 5.41) is 7.15. The number of likely N-dealkylation sites (tertiary alicyclic amines) is 1. The molecule has 4 aromatic rings. The van der Waals surface area contributed by atoms with Gasteiger partial charge in [-0.3, -0.25) is 9.69 Å². The lowest BCUT2D eigenvalue weighted by molar-refractivity contribution is -0.121. The van der Waals surface area contributed by atoms with Crippen molar-refractivity contribution in [2.75, 3.05) is 25.5 Å². The molecule has 0 spiro atoms. The van der Waals surface area contributed by atoms with Gasteiger partial charge in [0.15, 0.2) is 0 Å². The quantitative estimate of drug-likeness (QED) is 0.359. The molecule has 3 aromatic carbocycles. The van der Waals surface area contributed by atoms with Crippen LogP contribution >= 0.6 is 0 Å². The number of hydrogen-bond donors (Lipinski definition) is 1. The molecular weight excluding hydrogens is 456 g/mol. The predicted octanol–water partition coefficient (Wildman–Crippen LogP) is 5.39. The first-order valence-corrected chi connectivity index (χ1v) is 12.0. The number of amides is 1. The van der Waals surface area contributed by atoms with Crippen LogP contribution in [0.1, 0.15) is 18.7 Å². The number of rotatable bonds is 8. The van der Waals surface area contributed by atoms with E-state index in [0.717, 1.165) is 47.9 Å². The number of nitrogens with one attached hydrogen (secondary N) is 1. The monoisotopic (exact) mass is 484 g/mol. The zero-order chi connectivity index (χ0) is 24.7. The van der Waals surface area contributed by atoms with E-state index in [9.17, 15) is 4.79 Å². The molecule has 1 aliphatic heterocycles. The molecule has 2 heterocycles. The van der Waals surface area contributed by atoms with Crippen molar-refractivity contribution in [3.8, 4) is 28.6 Å². The Morgan fingerprint density at radius 3 is 2.47 bits per heavy atom. The highest BCUT2D eigenvalue weighted by atomic mass is 16.5. The van der Waals surface area contributed by atoms with Crippen LogP contribution in [-0.4, -0.2) is 41.1 Å². The minimum Gasteiger partial charge on any atom is -0.497 e. The van der Waals surface area contributed by atoms with E-state index >= 15 is 0 Å². The smallest absolute Gasteiger partial charge is 0.241 e. The number of aromatic nitrogens is 2. The van der Waals surface area contributed by atoms with Gasteiger partial charge in [-0.1, -0.05) is 23.4 Å². The normalized spacial score (nSPS) is 15.9. The van der Waals surface area contributed by atoms with E-state index in [4.69, 9.17) is 14.0 Å². The van der Waals surface area contributed by atoms with Crippen molar-refractivity contribution >= 4 is 11.6 Å². The van der Waals surface area contributed by atoms with Gasteiger partial charge < -0.3 is 19.3 Å². The van der Waals surface area contributed by atoms with Crippen molar-refractivity contribution in [3.63, 3.8) is 0 Å². The Morgan fingerprint density at radius 1 is 1.00 bits per heavy atom. The van der Waals surface area contributed by atoms with E-state index in [2.05, 4.69) is 20.4 Å². The molecule has 0 aliphatic carbocycles. The highest BCUT2D eigenvalue weighted by Gasteiger charge is 2.27. The number of ether oxygens (including phenoxy) is 2. The van der Waals surface area contributed by atoms with E-state index in [1.54, 1.807) is 7.11 Å². The number of para-hydroxylation sites is 1. The van der Waals surface area contributed by atoms with Crippen molar-refractivity contribution < 1.29 is 18.8 Å². The van der Waals surface area contributed by atoms with Gasteiger partial charge in [-0.05, 0) is 80.1 Å². The van der Waals surface area contributed by atoms with E-state index in [0.29, 0.717) is 24.8 Å². The van der Waals surface area contributed by atoms with E-state index in [1.165, 1.54) is 0 Å². The molecule has 1 unspecified atom stereocenters. The first kappa shape index (κ1) is 23.6. The van der Waals surface area contributed by atoms with Crippen molar-refractivity contribution in [3.05, 3.63) is 84.8 Å². The molecule has 184 valence electrons. The van der Waals surface area contributed by atoms with E-state index < -0.39 is 0 Å². The number of hydrogen-bond acceptors (Lipinski definition) is 7. The van der Waals surface area contributed by atoms with Crippen LogP contribution in [-0.2, 0) is 11.3 Å². The molecule has 1 amide bonds. The molecule has 1 fully saturated rings. The second-order valence-corrected chi connectivity index (χ2v) is 8.74. The summed E-state index contributed by atoms with van der Waals surface area (Å²) in [4.78, 5) is 19.7. The van der Waals surface area contributed by atoms with Crippen LogP contribution < -0.4 is 14.8 Å². The number of methoxy groups -OCH3 is 1. The highest BCUT2D eigenvalue weighted by molar-refractivity contribution is 5.92. The summed E-state index contributed by atoms with van der Waals surface area (Å²) in [5.41, 5.74) is 1.61. The molecule has 1 saturated heterocycles. The Labute approximate surface area is 209 Å². The number of anilines is 1. The summed E-state index contributed by atoms with van der Waals surface area (Å²) in [6, 6.07) is 24.5. The van der Waals surface area contributed by atoms with Gasteiger partial charge in [-0.2, -0.15) is 4.98 Å². The first-order chi connectivity index (χ1) is 17.7. The van der Waals surface area contributed by atoms with Crippen LogP contribution in [0.5, 0.6) is 17.2 Å². The fourth-order valence-corrected chi connectivity index (χ4v) is 4.26. The number of nitrogens with zero attached hydrogens (tertiary/aromatic N) is 3. The lowest BCUT2D eigenvalue weighted by Crippen LogP contribution is -2.40. The number of benzene rings is 3. The summed E-state index contributed by atoms with van der Waals surface area (Å²) in [6.07, 6.45) is 1.78. The van der Waals surface area contributed by atoms with Gasteiger partial charge in [-0.25, -0.2) is 0 Å². The molecular formula is C28H28N4O4. The molecule has 1 N–H and O–H groups in total. The summed E-state index contributed by atoms with van der Waals surface area (Å²) < 4.78 is 16.5. The van der Waals surface area contributed by atoms with Gasteiger partial charge in [0.05, 0.1) is 19.6 Å². The van der Waals surface area contributed by atoms with Gasteiger partial charge in [0.2, 0.25) is 17.6 Å². The molecule has 1 aliphatic rings. The molecule has 0 saturated carbocycles. The standard InChI is InChI=1S/C28H28N4O4/c1-34-23-13-9-20(10-14-23)27-30-26(36-31-27)19-32-17-5-6-21(18-32)28(33)29-22-11-15-25(16-12-22)35-24-7-3-2-4-8-24/h2-4,7-16,21H,5-6,17-19H2,1H3,(H,29,33). The third-order valence-corrected chi connectivity index (χ3v) is 6.15.